The molecule has 2 fully saturated rings. The fourth-order valence-electron chi connectivity index (χ4n) is 6.21. The van der Waals surface area contributed by atoms with Gasteiger partial charge >= 0.3 is 0 Å². The number of hydrogen-bond donors (Lipinski definition) is 1. The monoisotopic (exact) mass is 587 g/mol. The maximum absolute atomic E-state index is 13.2. The number of nitrogens with one attached hydrogen (secondary N) is 1. The lowest BCUT2D eigenvalue weighted by Gasteiger charge is -2.33. The number of guanidine groups is 1. The summed E-state index contributed by atoms with van der Waals surface area (Å²) in [4.78, 5) is 49.3. The van der Waals surface area contributed by atoms with Gasteiger partial charge < -0.3 is 19.4 Å². The summed E-state index contributed by atoms with van der Waals surface area (Å²) in [5.74, 6) is 1.16. The number of aliphatic imine (C=N–C) groups is 1. The third-order valence-corrected chi connectivity index (χ3v) is 8.75. The standard InChI is InChI=1S/C34H45N5O4/c1-37(28-14-7-3-8-15-28)32(41)16-11-21-43-29-17-18-30-27(23-29)24-39(25-33(42)38-19-9-4-10-20-38)34(35-30)36-31(40)22-26-12-5-2-6-13-26/h2,5-6,12-13,17-18,23,28H,3-4,7-11,14-16,19-22,24-25H2,1H3,(H,35,36,40). The molecule has 2 heterocycles. The lowest BCUT2D eigenvalue weighted by molar-refractivity contribution is -0.133. The van der Waals surface area contributed by atoms with E-state index in [-0.39, 0.29) is 30.7 Å². The molecule has 9 heteroatoms. The molecule has 0 unspecified atom stereocenters. The molecule has 0 spiro atoms. The van der Waals surface area contributed by atoms with Gasteiger partial charge in [-0.15, -0.1) is 0 Å². The summed E-state index contributed by atoms with van der Waals surface area (Å²) in [6.45, 7) is 2.57. The molecule has 1 aliphatic carbocycles. The minimum Gasteiger partial charge on any atom is -0.494 e. The predicted octanol–water partition coefficient (Wildman–Crippen LogP) is 4.81. The highest BCUT2D eigenvalue weighted by molar-refractivity contribution is 6.00. The molecule has 1 N–H and O–H groups in total. The van der Waals surface area contributed by atoms with E-state index in [0.29, 0.717) is 43.7 Å². The number of benzene rings is 2. The molecule has 1 saturated carbocycles. The fraction of sp³-hybridized carbons (Fsp3) is 0.529. The Morgan fingerprint density at radius 2 is 1.72 bits per heavy atom. The first kappa shape index (κ1) is 30.6. The third kappa shape index (κ3) is 8.58. The Morgan fingerprint density at radius 3 is 2.49 bits per heavy atom. The van der Waals surface area contributed by atoms with Crippen LogP contribution in [-0.4, -0.2) is 77.7 Å². The second-order valence-corrected chi connectivity index (χ2v) is 12.0. The van der Waals surface area contributed by atoms with E-state index in [9.17, 15) is 14.4 Å². The highest BCUT2D eigenvalue weighted by Gasteiger charge is 2.27. The summed E-state index contributed by atoms with van der Waals surface area (Å²) in [6.07, 6.45) is 10.4. The van der Waals surface area contributed by atoms with Crippen molar-refractivity contribution in [3.05, 3.63) is 59.7 Å². The number of amides is 3. The molecule has 2 aromatic carbocycles. The van der Waals surface area contributed by atoms with Crippen LogP contribution in [0.4, 0.5) is 5.69 Å². The van der Waals surface area contributed by atoms with E-state index in [1.165, 1.54) is 19.3 Å². The Morgan fingerprint density at radius 1 is 0.977 bits per heavy atom. The highest BCUT2D eigenvalue weighted by Crippen LogP contribution is 2.30. The van der Waals surface area contributed by atoms with Gasteiger partial charge in [0.1, 0.15) is 12.3 Å². The number of carbonyl (C=O) groups is 3. The molecule has 0 radical (unpaired) electrons. The van der Waals surface area contributed by atoms with Crippen molar-refractivity contribution in [2.75, 3.05) is 33.3 Å². The van der Waals surface area contributed by atoms with Crippen molar-refractivity contribution < 1.29 is 19.1 Å². The van der Waals surface area contributed by atoms with Gasteiger partial charge in [-0.25, -0.2) is 4.99 Å². The second kappa shape index (κ2) is 15.0. The molecule has 0 aromatic heterocycles. The van der Waals surface area contributed by atoms with Crippen molar-refractivity contribution >= 4 is 29.4 Å². The van der Waals surface area contributed by atoms with Crippen LogP contribution in [0.1, 0.15) is 75.3 Å². The SMILES string of the molecule is CN(C(=O)CCCOc1ccc2c(c1)CN(CC(=O)N1CCCCC1)C(NC(=O)Cc1ccccc1)=N2)C1CCCCC1. The molecule has 1 saturated heterocycles. The summed E-state index contributed by atoms with van der Waals surface area (Å²) < 4.78 is 6.03. The van der Waals surface area contributed by atoms with E-state index in [2.05, 4.69) is 5.32 Å². The topological polar surface area (TPSA) is 94.5 Å². The van der Waals surface area contributed by atoms with Gasteiger partial charge in [-0.3, -0.25) is 19.7 Å². The van der Waals surface area contributed by atoms with Crippen molar-refractivity contribution in [2.24, 2.45) is 4.99 Å². The molecule has 43 heavy (non-hydrogen) atoms. The Balaban J connectivity index is 1.21. The predicted molar refractivity (Wildman–Crippen MR) is 167 cm³/mol. The Kier molecular flexibility index (Phi) is 10.7. The van der Waals surface area contributed by atoms with Crippen molar-refractivity contribution in [2.45, 2.75) is 83.2 Å². The van der Waals surface area contributed by atoms with Crippen LogP contribution in [0.25, 0.3) is 0 Å². The van der Waals surface area contributed by atoms with Crippen molar-refractivity contribution in [1.29, 1.82) is 0 Å². The van der Waals surface area contributed by atoms with Gasteiger partial charge in [0.15, 0.2) is 0 Å². The zero-order valence-electron chi connectivity index (χ0n) is 25.4. The van der Waals surface area contributed by atoms with E-state index < -0.39 is 0 Å². The van der Waals surface area contributed by atoms with Gasteiger partial charge in [-0.05, 0) is 62.3 Å². The average Bonchev–Trinajstić information content (AvgIpc) is 3.04. The van der Waals surface area contributed by atoms with E-state index in [1.54, 1.807) is 0 Å². The van der Waals surface area contributed by atoms with Crippen LogP contribution in [0.5, 0.6) is 5.75 Å². The molecular weight excluding hydrogens is 542 g/mol. The van der Waals surface area contributed by atoms with E-state index >= 15 is 0 Å². The molecule has 230 valence electrons. The molecule has 2 aliphatic heterocycles. The fourth-order valence-corrected chi connectivity index (χ4v) is 6.21. The number of ether oxygens (including phenoxy) is 1. The first-order valence-electron chi connectivity index (χ1n) is 15.9. The van der Waals surface area contributed by atoms with Gasteiger partial charge in [0, 0.05) is 44.7 Å². The molecule has 0 bridgehead atoms. The summed E-state index contributed by atoms with van der Waals surface area (Å²) >= 11 is 0. The van der Waals surface area contributed by atoms with Gasteiger partial charge in [0.25, 0.3) is 0 Å². The van der Waals surface area contributed by atoms with Crippen LogP contribution < -0.4 is 10.1 Å². The van der Waals surface area contributed by atoms with Crippen molar-refractivity contribution in [1.82, 2.24) is 20.0 Å². The number of rotatable bonds is 10. The lowest BCUT2D eigenvalue weighted by atomic mass is 9.94. The number of piperidine rings is 1. The number of fused-ring (bicyclic) bond motifs is 1. The smallest absolute Gasteiger partial charge is 0.242 e. The largest absolute Gasteiger partial charge is 0.494 e. The molecule has 3 amide bonds. The maximum Gasteiger partial charge on any atom is 0.242 e. The van der Waals surface area contributed by atoms with Crippen LogP contribution in [0.2, 0.25) is 0 Å². The number of likely N-dealkylation sites (tertiary alicyclic amines) is 1. The first-order valence-corrected chi connectivity index (χ1v) is 15.9. The van der Waals surface area contributed by atoms with Gasteiger partial charge in [0.05, 0.1) is 18.7 Å². The molecular formula is C34H45N5O4. The Hall–Kier alpha value is -3.88. The first-order chi connectivity index (χ1) is 21.0. The molecule has 2 aromatic rings. The molecule has 5 rings (SSSR count). The van der Waals surface area contributed by atoms with Gasteiger partial charge in [0.2, 0.25) is 23.7 Å². The molecule has 9 nitrogen and oxygen atoms in total. The van der Waals surface area contributed by atoms with Crippen molar-refractivity contribution in [3.8, 4) is 5.75 Å². The lowest BCUT2D eigenvalue weighted by Crippen LogP contribution is -2.50. The Bertz CT molecular complexity index is 1280. The highest BCUT2D eigenvalue weighted by atomic mass is 16.5. The summed E-state index contributed by atoms with van der Waals surface area (Å²) in [7, 11) is 1.93. The number of hydrogen-bond acceptors (Lipinski definition) is 6. The zero-order valence-corrected chi connectivity index (χ0v) is 25.4. The maximum atomic E-state index is 13.2. The van der Waals surface area contributed by atoms with Crippen LogP contribution in [0, 0.1) is 0 Å². The minimum absolute atomic E-state index is 0.0448. The second-order valence-electron chi connectivity index (χ2n) is 12.0. The normalized spacial score (nSPS) is 17.1. The van der Waals surface area contributed by atoms with E-state index in [0.717, 1.165) is 62.0 Å². The minimum atomic E-state index is -0.174. The molecule has 3 aliphatic rings. The number of carbonyl (C=O) groups excluding carboxylic acids is 3. The van der Waals surface area contributed by atoms with Gasteiger partial charge in [-0.1, -0.05) is 49.6 Å². The van der Waals surface area contributed by atoms with E-state index in [4.69, 9.17) is 9.73 Å². The van der Waals surface area contributed by atoms with Crippen LogP contribution in [-0.2, 0) is 27.3 Å². The summed E-state index contributed by atoms with van der Waals surface area (Å²) in [5.41, 5.74) is 2.59. The van der Waals surface area contributed by atoms with Crippen molar-refractivity contribution in [3.63, 3.8) is 0 Å². The summed E-state index contributed by atoms with van der Waals surface area (Å²) in [5, 5.41) is 2.97. The van der Waals surface area contributed by atoms with Crippen LogP contribution in [0.3, 0.4) is 0 Å². The van der Waals surface area contributed by atoms with Gasteiger partial charge in [-0.2, -0.15) is 0 Å². The Labute approximate surface area is 255 Å². The quantitative estimate of drug-likeness (QED) is 0.403. The van der Waals surface area contributed by atoms with Crippen LogP contribution >= 0.6 is 0 Å². The number of nitrogens with zero attached hydrogens (tertiary/aromatic N) is 4. The van der Waals surface area contributed by atoms with Crippen LogP contribution in [0.15, 0.2) is 53.5 Å². The zero-order chi connectivity index (χ0) is 30.0. The molecule has 0 atom stereocenters. The third-order valence-electron chi connectivity index (χ3n) is 8.75. The van der Waals surface area contributed by atoms with E-state index in [1.807, 2.05) is 70.3 Å². The average molecular weight is 588 g/mol. The summed E-state index contributed by atoms with van der Waals surface area (Å²) in [6, 6.07) is 15.7.